The number of pyridine rings is 1. The van der Waals surface area contributed by atoms with Crippen molar-refractivity contribution < 1.29 is 9.47 Å². The lowest BCUT2D eigenvalue weighted by molar-refractivity contribution is 0.0966. The third kappa shape index (κ3) is 4.10. The van der Waals surface area contributed by atoms with Crippen LogP contribution < -0.4 is 10.5 Å². The molecule has 0 bridgehead atoms. The second-order valence-corrected chi connectivity index (χ2v) is 4.42. The fraction of sp³-hybridized carbons (Fsp3) is 0.400. The van der Waals surface area contributed by atoms with Crippen LogP contribution in [0.15, 0.2) is 30.3 Å². The number of benzene rings is 1. The van der Waals surface area contributed by atoms with Crippen LogP contribution in [-0.2, 0) is 4.74 Å². The Balaban J connectivity index is 1.86. The third-order valence-electron chi connectivity index (χ3n) is 2.81. The molecule has 2 N–H and O–H groups in total. The second kappa shape index (κ2) is 6.95. The molecule has 0 spiro atoms. The molecule has 0 unspecified atom stereocenters. The number of aromatic nitrogens is 1. The Morgan fingerprint density at radius 3 is 2.84 bits per heavy atom. The van der Waals surface area contributed by atoms with E-state index < -0.39 is 0 Å². The molecular formula is C15H20N2O2. The van der Waals surface area contributed by atoms with Crippen LogP contribution in [0, 0.1) is 0 Å². The lowest BCUT2D eigenvalue weighted by atomic mass is 10.2. The summed E-state index contributed by atoms with van der Waals surface area (Å²) in [5, 5.41) is 1.02. The van der Waals surface area contributed by atoms with E-state index in [9.17, 15) is 0 Å². The van der Waals surface area contributed by atoms with Gasteiger partial charge in [0, 0.05) is 23.7 Å². The number of fused-ring (bicyclic) bond motifs is 1. The molecule has 19 heavy (non-hydrogen) atoms. The lowest BCUT2D eigenvalue weighted by Gasteiger charge is -2.07. The van der Waals surface area contributed by atoms with Gasteiger partial charge in [-0.2, -0.15) is 0 Å². The highest BCUT2D eigenvalue weighted by Crippen LogP contribution is 2.18. The van der Waals surface area contributed by atoms with Crippen molar-refractivity contribution in [1.82, 2.24) is 4.98 Å². The molecule has 1 aromatic heterocycles. The predicted octanol–water partition coefficient (Wildman–Crippen LogP) is 3.01. The van der Waals surface area contributed by atoms with Gasteiger partial charge in [-0.25, -0.2) is 4.98 Å². The summed E-state index contributed by atoms with van der Waals surface area (Å²) in [6, 6.07) is 9.46. The smallest absolute Gasteiger partial charge is 0.213 e. The summed E-state index contributed by atoms with van der Waals surface area (Å²) in [6.07, 6.45) is 2.24. The predicted molar refractivity (Wildman–Crippen MR) is 77.4 cm³/mol. The van der Waals surface area contributed by atoms with E-state index >= 15 is 0 Å². The van der Waals surface area contributed by atoms with Crippen molar-refractivity contribution in [1.29, 1.82) is 0 Å². The number of hydrogen-bond donors (Lipinski definition) is 1. The average Bonchev–Trinajstić information content (AvgIpc) is 2.43. The van der Waals surface area contributed by atoms with Crippen molar-refractivity contribution in [3.63, 3.8) is 0 Å². The number of ether oxygens (including phenoxy) is 2. The maximum absolute atomic E-state index is 5.72. The van der Waals surface area contributed by atoms with Crippen LogP contribution in [0.25, 0.3) is 10.9 Å². The van der Waals surface area contributed by atoms with E-state index in [0.717, 1.165) is 36.0 Å². The van der Waals surface area contributed by atoms with Gasteiger partial charge < -0.3 is 15.2 Å². The number of nitrogens with zero attached hydrogens (tertiary/aromatic N) is 1. The molecule has 0 aliphatic carbocycles. The first-order valence-electron chi connectivity index (χ1n) is 6.66. The van der Waals surface area contributed by atoms with Crippen LogP contribution in [0.2, 0.25) is 0 Å². The highest BCUT2D eigenvalue weighted by atomic mass is 16.5. The topological polar surface area (TPSA) is 57.4 Å². The van der Waals surface area contributed by atoms with E-state index in [2.05, 4.69) is 11.9 Å². The van der Waals surface area contributed by atoms with Crippen molar-refractivity contribution in [2.75, 3.05) is 25.6 Å². The summed E-state index contributed by atoms with van der Waals surface area (Å²) in [5.41, 5.74) is 7.35. The fourth-order valence-electron chi connectivity index (χ4n) is 1.76. The molecular weight excluding hydrogens is 240 g/mol. The van der Waals surface area contributed by atoms with Crippen LogP contribution in [0.5, 0.6) is 5.88 Å². The number of unbranched alkanes of at least 4 members (excludes halogenated alkanes) is 1. The van der Waals surface area contributed by atoms with Crippen LogP contribution in [0.4, 0.5) is 5.69 Å². The van der Waals surface area contributed by atoms with Gasteiger partial charge in [-0.15, -0.1) is 0 Å². The Morgan fingerprint density at radius 2 is 2.00 bits per heavy atom. The van der Waals surface area contributed by atoms with Crippen LogP contribution in [0.3, 0.4) is 0 Å². The van der Waals surface area contributed by atoms with Gasteiger partial charge in [-0.1, -0.05) is 13.3 Å². The van der Waals surface area contributed by atoms with E-state index in [1.807, 2.05) is 30.3 Å². The summed E-state index contributed by atoms with van der Waals surface area (Å²) < 4.78 is 11.0. The zero-order valence-electron chi connectivity index (χ0n) is 11.3. The molecule has 1 heterocycles. The Kier molecular flexibility index (Phi) is 4.98. The minimum Gasteiger partial charge on any atom is -0.475 e. The maximum atomic E-state index is 5.72. The molecule has 0 amide bonds. The molecule has 0 atom stereocenters. The summed E-state index contributed by atoms with van der Waals surface area (Å²) in [4.78, 5) is 4.42. The van der Waals surface area contributed by atoms with Gasteiger partial charge in [-0.05, 0) is 30.7 Å². The minimum atomic E-state index is 0.525. The highest BCUT2D eigenvalue weighted by molar-refractivity contribution is 5.82. The summed E-state index contributed by atoms with van der Waals surface area (Å²) in [6.45, 7) is 4.06. The summed E-state index contributed by atoms with van der Waals surface area (Å²) in [5.74, 6) is 0.622. The molecule has 102 valence electrons. The van der Waals surface area contributed by atoms with E-state index in [1.165, 1.54) is 0 Å². The van der Waals surface area contributed by atoms with Crippen molar-refractivity contribution >= 4 is 16.6 Å². The van der Waals surface area contributed by atoms with Gasteiger partial charge in [0.1, 0.15) is 6.61 Å². The number of nitrogen functional groups attached to an aromatic ring is 1. The monoisotopic (exact) mass is 260 g/mol. The molecule has 0 fully saturated rings. The Bertz CT molecular complexity index is 529. The zero-order chi connectivity index (χ0) is 13.5. The van der Waals surface area contributed by atoms with Gasteiger partial charge in [0.15, 0.2) is 0 Å². The molecule has 4 heteroatoms. The molecule has 0 saturated carbocycles. The molecule has 0 aliphatic rings. The molecule has 2 rings (SSSR count). The van der Waals surface area contributed by atoms with Crippen molar-refractivity contribution in [2.45, 2.75) is 19.8 Å². The Labute approximate surface area is 113 Å². The zero-order valence-corrected chi connectivity index (χ0v) is 11.3. The van der Waals surface area contributed by atoms with E-state index in [4.69, 9.17) is 15.2 Å². The molecule has 0 aliphatic heterocycles. The van der Waals surface area contributed by atoms with E-state index in [1.54, 1.807) is 0 Å². The SMILES string of the molecule is CCCCOCCOc1ccc2cc(N)ccc2n1. The Hall–Kier alpha value is -1.81. The summed E-state index contributed by atoms with van der Waals surface area (Å²) in [7, 11) is 0. The number of nitrogens with two attached hydrogens (primary N) is 1. The van der Waals surface area contributed by atoms with E-state index in [-0.39, 0.29) is 0 Å². The molecule has 0 radical (unpaired) electrons. The fourth-order valence-corrected chi connectivity index (χ4v) is 1.76. The normalized spacial score (nSPS) is 10.8. The van der Waals surface area contributed by atoms with Gasteiger partial charge in [0.05, 0.1) is 12.1 Å². The highest BCUT2D eigenvalue weighted by Gasteiger charge is 2.00. The Morgan fingerprint density at radius 1 is 1.11 bits per heavy atom. The lowest BCUT2D eigenvalue weighted by Crippen LogP contribution is -2.08. The molecule has 0 saturated heterocycles. The number of hydrogen-bond acceptors (Lipinski definition) is 4. The van der Waals surface area contributed by atoms with Gasteiger partial charge in [0.25, 0.3) is 0 Å². The molecule has 2 aromatic rings. The molecule has 1 aromatic carbocycles. The molecule has 4 nitrogen and oxygen atoms in total. The first kappa shape index (κ1) is 13.6. The standard InChI is InChI=1S/C15H20N2O2/c1-2-3-8-18-9-10-19-15-7-4-12-11-13(16)5-6-14(12)17-15/h4-7,11H,2-3,8-10,16H2,1H3. The minimum absolute atomic E-state index is 0.525. The van der Waals surface area contributed by atoms with Gasteiger partial charge in [-0.3, -0.25) is 0 Å². The first-order chi connectivity index (χ1) is 9.29. The van der Waals surface area contributed by atoms with Crippen LogP contribution in [-0.4, -0.2) is 24.8 Å². The summed E-state index contributed by atoms with van der Waals surface area (Å²) >= 11 is 0. The quantitative estimate of drug-likeness (QED) is 0.614. The average molecular weight is 260 g/mol. The van der Waals surface area contributed by atoms with Crippen molar-refractivity contribution in [3.05, 3.63) is 30.3 Å². The van der Waals surface area contributed by atoms with Crippen LogP contribution >= 0.6 is 0 Å². The van der Waals surface area contributed by atoms with Crippen LogP contribution in [0.1, 0.15) is 19.8 Å². The third-order valence-corrected chi connectivity index (χ3v) is 2.81. The largest absolute Gasteiger partial charge is 0.475 e. The number of anilines is 1. The van der Waals surface area contributed by atoms with Crippen molar-refractivity contribution in [3.8, 4) is 5.88 Å². The first-order valence-corrected chi connectivity index (χ1v) is 6.66. The number of rotatable bonds is 7. The van der Waals surface area contributed by atoms with Crippen molar-refractivity contribution in [2.24, 2.45) is 0 Å². The van der Waals surface area contributed by atoms with Gasteiger partial charge >= 0.3 is 0 Å². The van der Waals surface area contributed by atoms with E-state index in [0.29, 0.717) is 19.1 Å². The second-order valence-electron chi connectivity index (χ2n) is 4.42. The maximum Gasteiger partial charge on any atom is 0.213 e. The van der Waals surface area contributed by atoms with Gasteiger partial charge in [0.2, 0.25) is 5.88 Å².